The Balaban J connectivity index is 1.29. The van der Waals surface area contributed by atoms with Gasteiger partial charge in [0.1, 0.15) is 22.1 Å². The molecule has 0 aliphatic carbocycles. The summed E-state index contributed by atoms with van der Waals surface area (Å²) in [6.45, 7) is 3.46. The molecule has 3 aliphatic rings. The maximum Gasteiger partial charge on any atom is 0.333 e. The van der Waals surface area contributed by atoms with Gasteiger partial charge < -0.3 is 14.3 Å². The highest BCUT2D eigenvalue weighted by atomic mass is 32.2. The summed E-state index contributed by atoms with van der Waals surface area (Å²) in [6, 6.07) is 16.2. The van der Waals surface area contributed by atoms with Crippen LogP contribution in [0.1, 0.15) is 107 Å². The third kappa shape index (κ3) is 14.4. The zero-order valence-electron chi connectivity index (χ0n) is 47.1. The van der Waals surface area contributed by atoms with E-state index in [0.29, 0.717) is 81.5 Å². The van der Waals surface area contributed by atoms with Gasteiger partial charge >= 0.3 is 5.97 Å². The molecule has 468 valence electrons. The summed E-state index contributed by atoms with van der Waals surface area (Å²) in [4.78, 5) is 39.6. The molecule has 0 aromatic heterocycles. The topological polar surface area (TPSA) is 399 Å². The number of carbonyl (C=O) groups is 3. The summed E-state index contributed by atoms with van der Waals surface area (Å²) in [5, 5.41) is 0.114. The number of amides is 2. The first-order valence-corrected chi connectivity index (χ1v) is 35.8. The zero-order valence-corrected chi connectivity index (χ0v) is 52.0. The number of nitrogens with zero attached hydrogens (tertiary/aromatic N) is 3. The lowest BCUT2D eigenvalue weighted by molar-refractivity contribution is -0.401. The van der Waals surface area contributed by atoms with Gasteiger partial charge in [-0.15, -0.1) is 5.06 Å². The predicted octanol–water partition coefficient (Wildman–Crippen LogP) is 6.99. The van der Waals surface area contributed by atoms with Crippen LogP contribution in [0, 0.1) is 0 Å². The average molecular weight is 1320 g/mol. The molecule has 0 radical (unpaired) electrons. The highest BCUT2D eigenvalue weighted by molar-refractivity contribution is 7.87. The van der Waals surface area contributed by atoms with Crippen molar-refractivity contribution in [1.29, 1.82) is 0 Å². The molecule has 1 saturated heterocycles. The molecule has 0 bridgehead atoms. The van der Waals surface area contributed by atoms with Crippen LogP contribution in [0.5, 0.6) is 0 Å². The zero-order chi connectivity index (χ0) is 64.2. The molecule has 25 nitrogen and oxygen atoms in total. The van der Waals surface area contributed by atoms with Gasteiger partial charge in [0.15, 0.2) is 5.71 Å². The molecule has 1 fully saturated rings. The molecule has 0 spiro atoms. The maximum absolute atomic E-state index is 12.9. The Morgan fingerprint density at radius 1 is 0.644 bits per heavy atom. The van der Waals surface area contributed by atoms with Gasteiger partial charge in [-0.1, -0.05) is 49.2 Å². The highest BCUT2D eigenvalue weighted by Crippen LogP contribution is 2.54. The SMILES string of the molecule is CN1C(=CC=C(C=CC2=[N+](C)c3ccc4c(S(=O)(=O)O)cc(S(=O)(=O)O)cc4c3C2(C)CCCCS(=O)(=O)O)c2ccc(CCCCC(=O)ON3C(=O)CCC3=O)cc2)C(C)(CCCCS(=O)(=O)O)c2c1ccc1c(S(=O)(=O)[O-])cc(S(=O)(=O)O)cc21. The first-order valence-electron chi connectivity index (χ1n) is 26.9. The molecular formula is C56H61N3O22S6. The van der Waals surface area contributed by atoms with E-state index in [0.717, 1.165) is 17.7 Å². The second-order valence-electron chi connectivity index (χ2n) is 21.9. The van der Waals surface area contributed by atoms with Gasteiger partial charge in [0, 0.05) is 66.2 Å². The fourth-order valence-electron chi connectivity index (χ4n) is 11.9. The van der Waals surface area contributed by atoms with Crippen molar-refractivity contribution in [2.45, 2.75) is 121 Å². The van der Waals surface area contributed by atoms with Crippen LogP contribution in [0.3, 0.4) is 0 Å². The number of benzene rings is 5. The smallest absolute Gasteiger partial charge is 0.333 e. The van der Waals surface area contributed by atoms with Crippen LogP contribution in [0.25, 0.3) is 27.1 Å². The lowest BCUT2D eigenvalue weighted by atomic mass is 9.73. The monoisotopic (exact) mass is 1320 g/mol. The molecule has 3 heterocycles. The number of likely N-dealkylation sites (N-methyl/N-ethyl adjacent to an activating group) is 1. The van der Waals surface area contributed by atoms with Gasteiger partial charge in [-0.25, -0.2) is 13.2 Å². The van der Waals surface area contributed by atoms with E-state index < -0.39 is 120 Å². The molecule has 87 heavy (non-hydrogen) atoms. The van der Waals surface area contributed by atoms with Crippen molar-refractivity contribution >= 4 is 123 Å². The van der Waals surface area contributed by atoms with Gasteiger partial charge in [-0.05, 0) is 146 Å². The van der Waals surface area contributed by atoms with Crippen molar-refractivity contribution < 1.29 is 102 Å². The van der Waals surface area contributed by atoms with E-state index in [2.05, 4.69) is 0 Å². The largest absolute Gasteiger partial charge is 0.744 e. The molecule has 0 saturated carbocycles. The Hall–Kier alpha value is -6.62. The average Bonchev–Trinajstić information content (AvgIpc) is 1.63. The lowest BCUT2D eigenvalue weighted by Gasteiger charge is -2.30. The number of rotatable bonds is 24. The highest BCUT2D eigenvalue weighted by Gasteiger charge is 2.48. The van der Waals surface area contributed by atoms with Crippen molar-refractivity contribution in [2.24, 2.45) is 0 Å². The van der Waals surface area contributed by atoms with E-state index in [9.17, 15) is 92.2 Å². The van der Waals surface area contributed by atoms with Gasteiger partial charge in [0.2, 0.25) is 5.69 Å². The normalized spacial score (nSPS) is 19.4. The summed E-state index contributed by atoms with van der Waals surface area (Å²) >= 11 is 0. The summed E-state index contributed by atoms with van der Waals surface area (Å²) in [5.74, 6) is -3.25. The number of hydrogen-bond donors (Lipinski definition) is 5. The minimum atomic E-state index is -5.40. The van der Waals surface area contributed by atoms with Crippen molar-refractivity contribution in [3.63, 3.8) is 0 Å². The molecule has 5 N–H and O–H groups in total. The van der Waals surface area contributed by atoms with E-state index >= 15 is 0 Å². The summed E-state index contributed by atoms with van der Waals surface area (Å²) in [5.41, 5.74) is 1.57. The van der Waals surface area contributed by atoms with Gasteiger partial charge in [-0.2, -0.15) is 46.7 Å². The Labute approximate surface area is 503 Å². The Morgan fingerprint density at radius 2 is 1.17 bits per heavy atom. The van der Waals surface area contributed by atoms with E-state index in [1.54, 1.807) is 73.9 Å². The van der Waals surface area contributed by atoms with E-state index in [4.69, 9.17) is 4.84 Å². The number of aryl methyl sites for hydroxylation is 1. The molecule has 3 aliphatic heterocycles. The van der Waals surface area contributed by atoms with Gasteiger partial charge in [0.25, 0.3) is 62.4 Å². The fraction of sp³-hybridized carbons (Fsp3) is 0.357. The van der Waals surface area contributed by atoms with Crippen LogP contribution in [0.15, 0.2) is 122 Å². The Kier molecular flexibility index (Phi) is 18.6. The van der Waals surface area contributed by atoms with Crippen LogP contribution >= 0.6 is 0 Å². The summed E-state index contributed by atoms with van der Waals surface area (Å²) in [7, 11) is -26.4. The molecule has 5 aromatic carbocycles. The summed E-state index contributed by atoms with van der Waals surface area (Å²) in [6.07, 6.45) is 8.07. The third-order valence-corrected chi connectivity index (χ3v) is 21.0. The molecule has 2 atom stereocenters. The first kappa shape index (κ1) is 66.3. The minimum absolute atomic E-state index is 0.0107. The number of imide groups is 1. The first-order chi connectivity index (χ1) is 40.2. The second-order valence-corrected chi connectivity index (χ2v) is 30.7. The van der Waals surface area contributed by atoms with Gasteiger partial charge in [0.05, 0.1) is 31.6 Å². The quantitative estimate of drug-likeness (QED) is 0.0136. The predicted molar refractivity (Wildman–Crippen MR) is 316 cm³/mol. The maximum atomic E-state index is 12.9. The molecule has 31 heteroatoms. The lowest BCUT2D eigenvalue weighted by Crippen LogP contribution is -2.31. The Morgan fingerprint density at radius 3 is 1.71 bits per heavy atom. The van der Waals surface area contributed by atoms with Crippen LogP contribution in [0.2, 0.25) is 0 Å². The number of unbranched alkanes of at least 4 members (excludes halogenated alkanes) is 3. The number of carbonyl (C=O) groups excluding carboxylic acids is 3. The van der Waals surface area contributed by atoms with E-state index in [1.165, 1.54) is 24.3 Å². The van der Waals surface area contributed by atoms with Crippen LogP contribution in [-0.2, 0) is 97.2 Å². The molecular weight excluding hydrogens is 1260 g/mol. The van der Waals surface area contributed by atoms with Gasteiger partial charge in [-0.3, -0.25) is 32.4 Å². The van der Waals surface area contributed by atoms with Crippen LogP contribution in [-0.4, -0.2) is 137 Å². The van der Waals surface area contributed by atoms with Crippen molar-refractivity contribution in [2.75, 3.05) is 30.5 Å². The van der Waals surface area contributed by atoms with Crippen LogP contribution < -0.4 is 4.90 Å². The third-order valence-electron chi connectivity index (χ3n) is 16.0. The number of anilines is 1. The van der Waals surface area contributed by atoms with Crippen molar-refractivity contribution in [3.05, 3.63) is 125 Å². The fourth-order valence-corrected chi connectivity index (χ4v) is 15.7. The van der Waals surface area contributed by atoms with E-state index in [-0.39, 0.29) is 79.3 Å². The molecule has 5 aromatic rings. The molecule has 2 unspecified atom stereocenters. The second kappa shape index (κ2) is 24.4. The molecule has 8 rings (SSSR count). The number of fused-ring (bicyclic) bond motifs is 6. The van der Waals surface area contributed by atoms with Crippen molar-refractivity contribution in [1.82, 2.24) is 5.06 Å². The number of hydrogen-bond acceptors (Lipinski definition) is 18. The van der Waals surface area contributed by atoms with Crippen molar-refractivity contribution in [3.8, 4) is 0 Å². The Bertz CT molecular complexity index is 4540. The summed E-state index contributed by atoms with van der Waals surface area (Å²) < 4.78 is 214. The van der Waals surface area contributed by atoms with Crippen LogP contribution in [0.4, 0.5) is 11.4 Å². The number of allylic oxidation sites excluding steroid dienone is 6. The minimum Gasteiger partial charge on any atom is -0.744 e. The van der Waals surface area contributed by atoms with E-state index in [1.807, 2.05) is 12.1 Å². The standard InChI is InChI=1S/C56H61N3O22S6/c1-55(27-7-9-29-82(63,64)65)48(57(3)44-21-19-40-42(53(44)55)31-38(84(69,70)71)33-46(40)86(75,76)77)23-17-37(36-15-13-35(14-16-36)11-5-6-12-52(62)81-59-50(60)25-26-51(59)61)18-24-49-56(2,28-8-10-30-83(66,67)68)54-43-32-39(85(72,73)74)34-47(87(78,79)80)41(43)20-22-45(54)58(49)4/h13-24,31-34H,5-12,25-30H2,1-4H3,(H5-,63,64,65,66,67,68,69,70,71,72,73,74,75,76,77,78,79,80). The number of hydroxylamine groups is 2. The molecule has 2 amide bonds.